The summed E-state index contributed by atoms with van der Waals surface area (Å²) in [5.74, 6) is -0.788. The Hall–Kier alpha value is -1.75. The van der Waals surface area contributed by atoms with Crippen LogP contribution in [0.1, 0.15) is 25.1 Å². The third-order valence-corrected chi connectivity index (χ3v) is 6.03. The third-order valence-electron chi connectivity index (χ3n) is 3.54. The predicted octanol–water partition coefficient (Wildman–Crippen LogP) is 5.04. The average molecular weight is 466 g/mol. The van der Waals surface area contributed by atoms with Gasteiger partial charge in [-0.2, -0.15) is 31.4 Å². The summed E-state index contributed by atoms with van der Waals surface area (Å²) in [7, 11) is -4.55. The number of nitrogen functional groups attached to an aromatic ring is 1. The Balaban J connectivity index is 2.77. The number of benzene rings is 1. The first kappa shape index (κ1) is 23.5. The van der Waals surface area contributed by atoms with Crippen molar-refractivity contribution in [3.8, 4) is 5.69 Å². The summed E-state index contributed by atoms with van der Waals surface area (Å²) in [6.07, 6.45) is -9.84. The lowest BCUT2D eigenvalue weighted by Crippen LogP contribution is -2.22. The zero-order valence-electron chi connectivity index (χ0n) is 14.9. The Morgan fingerprint density at radius 2 is 1.66 bits per heavy atom. The second-order valence-corrected chi connectivity index (χ2v) is 7.85. The van der Waals surface area contributed by atoms with E-state index in [-0.39, 0.29) is 18.9 Å². The lowest BCUT2D eigenvalue weighted by molar-refractivity contribution is -0.140. The molecule has 0 unspecified atom stereocenters. The van der Waals surface area contributed by atoms with E-state index in [2.05, 4.69) is 5.10 Å². The number of aromatic nitrogens is 2. The molecule has 0 saturated carbocycles. The molecule has 1 aromatic heterocycles. The van der Waals surface area contributed by atoms with E-state index in [9.17, 15) is 30.9 Å². The highest BCUT2D eigenvalue weighted by Gasteiger charge is 2.47. The van der Waals surface area contributed by atoms with E-state index in [0.29, 0.717) is 16.8 Å². The lowest BCUT2D eigenvalue weighted by atomic mass is 10.2. The van der Waals surface area contributed by atoms with Crippen LogP contribution in [-0.4, -0.2) is 23.0 Å². The van der Waals surface area contributed by atoms with Crippen molar-refractivity contribution in [2.24, 2.45) is 0 Å². The maximum absolute atomic E-state index is 13.5. The molecule has 0 amide bonds. The van der Waals surface area contributed by atoms with Crippen LogP contribution in [-0.2, 0) is 26.0 Å². The molecule has 0 fully saturated rings. The minimum Gasteiger partial charge on any atom is -0.383 e. The molecule has 0 bridgehead atoms. The SMILES string of the molecule is CCOP(=O)(OCC)c1c(C(F)(F)F)nn(-c2ccc(C(F)(F)F)cc2Cl)c1N. The van der Waals surface area contributed by atoms with E-state index < -0.39 is 47.4 Å². The molecule has 2 N–H and O–H groups in total. The first-order valence-electron chi connectivity index (χ1n) is 7.98. The quantitative estimate of drug-likeness (QED) is 0.478. The summed E-state index contributed by atoms with van der Waals surface area (Å²) in [5.41, 5.74) is 2.60. The smallest absolute Gasteiger partial charge is 0.383 e. The number of nitrogens with two attached hydrogens (primary N) is 1. The van der Waals surface area contributed by atoms with Gasteiger partial charge in [-0.05, 0) is 32.0 Å². The minimum absolute atomic E-state index is 0.264. The first-order valence-corrected chi connectivity index (χ1v) is 9.90. The molecule has 1 heterocycles. The lowest BCUT2D eigenvalue weighted by Gasteiger charge is -2.18. The molecule has 1 aromatic carbocycles. The van der Waals surface area contributed by atoms with Gasteiger partial charge in [0.1, 0.15) is 11.1 Å². The van der Waals surface area contributed by atoms with E-state index in [1.54, 1.807) is 0 Å². The van der Waals surface area contributed by atoms with E-state index in [1.807, 2.05) is 0 Å². The topological polar surface area (TPSA) is 79.4 Å². The molecule has 0 saturated heterocycles. The molecule has 162 valence electrons. The van der Waals surface area contributed by atoms with Crippen LogP contribution >= 0.6 is 19.2 Å². The highest BCUT2D eigenvalue weighted by atomic mass is 35.5. The zero-order valence-corrected chi connectivity index (χ0v) is 16.6. The van der Waals surface area contributed by atoms with Gasteiger partial charge in [0.15, 0.2) is 5.69 Å². The maximum Gasteiger partial charge on any atom is 0.436 e. The van der Waals surface area contributed by atoms with Crippen molar-refractivity contribution in [3.63, 3.8) is 0 Å². The van der Waals surface area contributed by atoms with Crippen molar-refractivity contribution in [1.82, 2.24) is 9.78 Å². The van der Waals surface area contributed by atoms with Gasteiger partial charge in [-0.15, -0.1) is 0 Å². The molecular formula is C15H15ClF6N3O3P. The van der Waals surface area contributed by atoms with Crippen LogP contribution in [0.25, 0.3) is 5.69 Å². The third kappa shape index (κ3) is 4.71. The van der Waals surface area contributed by atoms with Crippen LogP contribution in [0.5, 0.6) is 0 Å². The van der Waals surface area contributed by atoms with Crippen molar-refractivity contribution in [3.05, 3.63) is 34.5 Å². The summed E-state index contributed by atoms with van der Waals surface area (Å²) < 4.78 is 102. The standard InChI is InChI=1S/C15H15ClF6N3O3P/c1-3-27-29(26,28-4-2)11-12(15(20,21)22)24-25(13(11)23)10-6-5-8(7-9(10)16)14(17,18)19/h5-7H,3-4,23H2,1-2H3. The van der Waals surface area contributed by atoms with E-state index in [0.717, 1.165) is 6.07 Å². The second kappa shape index (κ2) is 8.17. The molecule has 0 aliphatic rings. The molecule has 6 nitrogen and oxygen atoms in total. The Labute approximate surface area is 166 Å². The van der Waals surface area contributed by atoms with Gasteiger partial charge >= 0.3 is 19.9 Å². The van der Waals surface area contributed by atoms with Crippen LogP contribution in [0.4, 0.5) is 32.2 Å². The molecular weight excluding hydrogens is 451 g/mol. The van der Waals surface area contributed by atoms with Gasteiger partial charge < -0.3 is 14.8 Å². The number of hydrogen-bond donors (Lipinski definition) is 1. The predicted molar refractivity (Wildman–Crippen MR) is 93.5 cm³/mol. The Kier molecular flexibility index (Phi) is 6.63. The fourth-order valence-corrected chi connectivity index (χ4v) is 4.51. The molecule has 0 spiro atoms. The van der Waals surface area contributed by atoms with Crippen LogP contribution in [0.2, 0.25) is 5.02 Å². The number of nitrogens with zero attached hydrogens (tertiary/aromatic N) is 2. The van der Waals surface area contributed by atoms with E-state index >= 15 is 0 Å². The summed E-state index contributed by atoms with van der Waals surface area (Å²) in [6, 6.07) is 1.90. The fraction of sp³-hybridized carbons (Fsp3) is 0.400. The van der Waals surface area contributed by atoms with Crippen molar-refractivity contribution in [2.45, 2.75) is 26.2 Å². The molecule has 14 heteroatoms. The summed E-state index contributed by atoms with van der Waals surface area (Å²) in [5, 5.41) is 1.69. The highest BCUT2D eigenvalue weighted by Crippen LogP contribution is 2.51. The van der Waals surface area contributed by atoms with Crippen LogP contribution < -0.4 is 11.0 Å². The number of anilines is 1. The van der Waals surface area contributed by atoms with E-state index in [1.165, 1.54) is 13.8 Å². The molecule has 2 aromatic rings. The van der Waals surface area contributed by atoms with Crippen molar-refractivity contribution < 1.29 is 40.0 Å². The molecule has 0 atom stereocenters. The van der Waals surface area contributed by atoms with Gasteiger partial charge in [-0.1, -0.05) is 11.6 Å². The molecule has 0 aliphatic heterocycles. The van der Waals surface area contributed by atoms with Crippen LogP contribution in [0, 0.1) is 0 Å². The summed E-state index contributed by atoms with van der Waals surface area (Å²) >= 11 is 5.83. The maximum atomic E-state index is 13.5. The largest absolute Gasteiger partial charge is 0.436 e. The molecule has 0 radical (unpaired) electrons. The first-order chi connectivity index (χ1) is 13.3. The summed E-state index contributed by atoms with van der Waals surface area (Å²) in [6.45, 7) is 2.24. The van der Waals surface area contributed by atoms with Gasteiger partial charge in [0.05, 0.1) is 29.5 Å². The zero-order chi connectivity index (χ0) is 22.2. The average Bonchev–Trinajstić information content (AvgIpc) is 2.92. The minimum atomic E-state index is -5.11. The normalized spacial score (nSPS) is 13.1. The molecule has 0 aliphatic carbocycles. The second-order valence-electron chi connectivity index (χ2n) is 5.49. The van der Waals surface area contributed by atoms with Crippen LogP contribution in [0.15, 0.2) is 18.2 Å². The number of alkyl halides is 6. The molecule has 29 heavy (non-hydrogen) atoms. The van der Waals surface area contributed by atoms with Crippen molar-refractivity contribution >= 4 is 30.3 Å². The Bertz CT molecular complexity index is 935. The monoisotopic (exact) mass is 465 g/mol. The van der Waals surface area contributed by atoms with Gasteiger partial charge in [0.25, 0.3) is 0 Å². The number of hydrogen-bond acceptors (Lipinski definition) is 5. The summed E-state index contributed by atoms with van der Waals surface area (Å²) in [4.78, 5) is 0. The fourth-order valence-electron chi connectivity index (χ4n) is 2.43. The van der Waals surface area contributed by atoms with Gasteiger partial charge in [0.2, 0.25) is 0 Å². The van der Waals surface area contributed by atoms with Gasteiger partial charge in [0, 0.05) is 0 Å². The van der Waals surface area contributed by atoms with E-state index in [4.69, 9.17) is 26.4 Å². The van der Waals surface area contributed by atoms with Gasteiger partial charge in [-0.3, -0.25) is 4.57 Å². The molecule has 2 rings (SSSR count). The Morgan fingerprint density at radius 1 is 1.10 bits per heavy atom. The van der Waals surface area contributed by atoms with Crippen molar-refractivity contribution in [2.75, 3.05) is 18.9 Å². The Morgan fingerprint density at radius 3 is 2.07 bits per heavy atom. The van der Waals surface area contributed by atoms with Crippen LogP contribution in [0.3, 0.4) is 0 Å². The number of halogens is 7. The highest BCUT2D eigenvalue weighted by molar-refractivity contribution is 7.62. The van der Waals surface area contributed by atoms with Crippen molar-refractivity contribution in [1.29, 1.82) is 0 Å². The van der Waals surface area contributed by atoms with Gasteiger partial charge in [-0.25, -0.2) is 4.68 Å². The number of rotatable bonds is 6.